The number of rotatable bonds is 2. The topological polar surface area (TPSA) is 69.6 Å². The molecule has 2 aliphatic rings. The van der Waals surface area contributed by atoms with Crippen LogP contribution in [0.5, 0.6) is 0 Å². The Morgan fingerprint density at radius 2 is 1.68 bits per heavy atom. The van der Waals surface area contributed by atoms with Gasteiger partial charge in [-0.25, -0.2) is 9.97 Å². The Labute approximate surface area is 129 Å². The summed E-state index contributed by atoms with van der Waals surface area (Å²) in [6, 6.07) is 1.79. The van der Waals surface area contributed by atoms with Gasteiger partial charge in [-0.3, -0.25) is 9.59 Å². The molecule has 7 heteroatoms. The van der Waals surface area contributed by atoms with E-state index in [1.165, 1.54) is 0 Å². The molecule has 1 unspecified atom stereocenters. The lowest BCUT2D eigenvalue weighted by Gasteiger charge is -2.35. The predicted octanol–water partition coefficient (Wildman–Crippen LogP) is -0.00640. The molecule has 0 radical (unpaired) electrons. The van der Waals surface area contributed by atoms with Gasteiger partial charge in [0.1, 0.15) is 0 Å². The molecule has 0 bridgehead atoms. The molecular formula is C15H21N5O2. The molecule has 0 aromatic carbocycles. The van der Waals surface area contributed by atoms with Gasteiger partial charge in [0.05, 0.1) is 5.92 Å². The summed E-state index contributed by atoms with van der Waals surface area (Å²) >= 11 is 0. The van der Waals surface area contributed by atoms with Gasteiger partial charge in [0.15, 0.2) is 0 Å². The van der Waals surface area contributed by atoms with Crippen molar-refractivity contribution >= 4 is 17.8 Å². The number of nitrogens with zero attached hydrogens (tertiary/aromatic N) is 5. The third-order valence-electron chi connectivity index (χ3n) is 4.41. The molecule has 3 heterocycles. The van der Waals surface area contributed by atoms with Gasteiger partial charge in [0.25, 0.3) is 0 Å². The molecule has 2 aliphatic heterocycles. The van der Waals surface area contributed by atoms with Crippen molar-refractivity contribution in [3.63, 3.8) is 0 Å². The van der Waals surface area contributed by atoms with Crippen LogP contribution in [0, 0.1) is 5.92 Å². The second-order valence-electron chi connectivity index (χ2n) is 5.81. The Kier molecular flexibility index (Phi) is 4.22. The van der Waals surface area contributed by atoms with Gasteiger partial charge in [0, 0.05) is 58.6 Å². The fourth-order valence-corrected chi connectivity index (χ4v) is 3.10. The lowest BCUT2D eigenvalue weighted by atomic mass is 10.1. The Bertz CT molecular complexity index is 542. The first-order valence-corrected chi connectivity index (χ1v) is 7.71. The predicted molar refractivity (Wildman–Crippen MR) is 81.2 cm³/mol. The zero-order valence-corrected chi connectivity index (χ0v) is 12.8. The van der Waals surface area contributed by atoms with E-state index in [1.54, 1.807) is 30.3 Å². The molecule has 2 saturated heterocycles. The summed E-state index contributed by atoms with van der Waals surface area (Å²) in [6.45, 7) is 5.61. The van der Waals surface area contributed by atoms with E-state index in [4.69, 9.17) is 0 Å². The van der Waals surface area contributed by atoms with Crippen molar-refractivity contribution in [2.45, 2.75) is 13.3 Å². The van der Waals surface area contributed by atoms with Crippen molar-refractivity contribution in [2.75, 3.05) is 44.2 Å². The summed E-state index contributed by atoms with van der Waals surface area (Å²) in [4.78, 5) is 38.2. The third-order valence-corrected chi connectivity index (χ3v) is 4.41. The smallest absolute Gasteiger partial charge is 0.227 e. The minimum atomic E-state index is 0.00711. The molecule has 0 spiro atoms. The fraction of sp³-hybridized carbons (Fsp3) is 0.600. The number of aromatic nitrogens is 2. The standard InChI is InChI=1S/C15H21N5O2/c1-12(21)18-7-9-19(10-8-18)14(22)13-3-6-20(11-13)15-16-4-2-5-17-15/h2,4-5,13H,3,6-11H2,1H3. The first-order chi connectivity index (χ1) is 10.6. The number of carbonyl (C=O) groups excluding carboxylic acids is 2. The highest BCUT2D eigenvalue weighted by atomic mass is 16.2. The largest absolute Gasteiger partial charge is 0.340 e. The van der Waals surface area contributed by atoms with Crippen molar-refractivity contribution in [1.82, 2.24) is 19.8 Å². The number of anilines is 1. The average molecular weight is 303 g/mol. The van der Waals surface area contributed by atoms with Crippen molar-refractivity contribution < 1.29 is 9.59 Å². The van der Waals surface area contributed by atoms with E-state index in [0.717, 1.165) is 13.0 Å². The normalized spacial score (nSPS) is 22.0. The van der Waals surface area contributed by atoms with Crippen LogP contribution in [0.25, 0.3) is 0 Å². The molecule has 2 fully saturated rings. The van der Waals surface area contributed by atoms with Crippen LogP contribution in [0.3, 0.4) is 0 Å². The van der Waals surface area contributed by atoms with Gasteiger partial charge in [-0.05, 0) is 12.5 Å². The Hall–Kier alpha value is -2.18. The Morgan fingerprint density at radius 3 is 2.32 bits per heavy atom. The highest BCUT2D eigenvalue weighted by molar-refractivity contribution is 5.80. The van der Waals surface area contributed by atoms with Crippen LogP contribution in [0.1, 0.15) is 13.3 Å². The SMILES string of the molecule is CC(=O)N1CCN(C(=O)C2CCN(c3ncccn3)C2)CC1. The molecule has 3 rings (SSSR count). The molecule has 0 N–H and O–H groups in total. The number of amides is 2. The van der Waals surface area contributed by atoms with E-state index < -0.39 is 0 Å². The highest BCUT2D eigenvalue weighted by Crippen LogP contribution is 2.22. The molecule has 2 amide bonds. The second-order valence-corrected chi connectivity index (χ2v) is 5.81. The van der Waals surface area contributed by atoms with E-state index in [1.807, 2.05) is 4.90 Å². The summed E-state index contributed by atoms with van der Waals surface area (Å²) in [6.07, 6.45) is 4.28. The quantitative estimate of drug-likeness (QED) is 0.769. The van der Waals surface area contributed by atoms with Gasteiger partial charge in [-0.1, -0.05) is 0 Å². The summed E-state index contributed by atoms with van der Waals surface area (Å²) in [7, 11) is 0. The first-order valence-electron chi connectivity index (χ1n) is 7.71. The van der Waals surface area contributed by atoms with Gasteiger partial charge in [-0.15, -0.1) is 0 Å². The maximum atomic E-state index is 12.6. The van der Waals surface area contributed by atoms with Crippen LogP contribution < -0.4 is 4.90 Å². The van der Waals surface area contributed by atoms with Crippen molar-refractivity contribution in [3.8, 4) is 0 Å². The Balaban J connectivity index is 1.55. The van der Waals surface area contributed by atoms with E-state index in [-0.39, 0.29) is 17.7 Å². The number of hydrogen-bond donors (Lipinski definition) is 0. The maximum absolute atomic E-state index is 12.6. The molecule has 0 saturated carbocycles. The molecule has 118 valence electrons. The second kappa shape index (κ2) is 6.29. The molecule has 7 nitrogen and oxygen atoms in total. The van der Waals surface area contributed by atoms with Crippen molar-refractivity contribution in [1.29, 1.82) is 0 Å². The highest BCUT2D eigenvalue weighted by Gasteiger charge is 2.33. The monoisotopic (exact) mass is 303 g/mol. The Morgan fingerprint density at radius 1 is 1.05 bits per heavy atom. The summed E-state index contributed by atoms with van der Waals surface area (Å²) in [5.74, 6) is 0.980. The van der Waals surface area contributed by atoms with Gasteiger partial charge in [0.2, 0.25) is 17.8 Å². The van der Waals surface area contributed by atoms with Gasteiger partial charge < -0.3 is 14.7 Å². The zero-order valence-electron chi connectivity index (χ0n) is 12.8. The summed E-state index contributed by atoms with van der Waals surface area (Å²) < 4.78 is 0. The molecule has 22 heavy (non-hydrogen) atoms. The number of piperazine rings is 1. The van der Waals surface area contributed by atoms with Crippen LogP contribution in [0.4, 0.5) is 5.95 Å². The van der Waals surface area contributed by atoms with Gasteiger partial charge >= 0.3 is 0 Å². The first kappa shape index (κ1) is 14.7. The van der Waals surface area contributed by atoms with E-state index in [2.05, 4.69) is 14.9 Å². The van der Waals surface area contributed by atoms with Crippen LogP contribution in [-0.4, -0.2) is 70.9 Å². The van der Waals surface area contributed by atoms with Gasteiger partial charge in [-0.2, -0.15) is 0 Å². The molecule has 1 aromatic rings. The van der Waals surface area contributed by atoms with E-state index >= 15 is 0 Å². The van der Waals surface area contributed by atoms with E-state index in [9.17, 15) is 9.59 Å². The number of hydrogen-bond acceptors (Lipinski definition) is 5. The molecule has 1 atom stereocenters. The summed E-state index contributed by atoms with van der Waals surface area (Å²) in [5, 5.41) is 0. The summed E-state index contributed by atoms with van der Waals surface area (Å²) in [5.41, 5.74) is 0. The molecule has 1 aromatic heterocycles. The van der Waals surface area contributed by atoms with Crippen LogP contribution >= 0.6 is 0 Å². The maximum Gasteiger partial charge on any atom is 0.227 e. The zero-order chi connectivity index (χ0) is 15.5. The lowest BCUT2D eigenvalue weighted by Crippen LogP contribution is -2.51. The minimum absolute atomic E-state index is 0.00711. The number of carbonyl (C=O) groups is 2. The van der Waals surface area contributed by atoms with Crippen LogP contribution in [0.15, 0.2) is 18.5 Å². The van der Waals surface area contributed by atoms with Crippen LogP contribution in [0.2, 0.25) is 0 Å². The molecule has 0 aliphatic carbocycles. The molecular weight excluding hydrogens is 282 g/mol. The third kappa shape index (κ3) is 3.03. The fourth-order valence-electron chi connectivity index (χ4n) is 3.10. The lowest BCUT2D eigenvalue weighted by molar-refractivity contribution is -0.140. The van der Waals surface area contributed by atoms with Crippen LogP contribution in [-0.2, 0) is 9.59 Å². The van der Waals surface area contributed by atoms with Crippen molar-refractivity contribution in [2.24, 2.45) is 5.92 Å². The minimum Gasteiger partial charge on any atom is -0.340 e. The average Bonchev–Trinajstić information content (AvgIpc) is 3.05. The van der Waals surface area contributed by atoms with E-state index in [0.29, 0.717) is 38.7 Å². The van der Waals surface area contributed by atoms with Crippen molar-refractivity contribution in [3.05, 3.63) is 18.5 Å².